The number of aryl methyl sites for hydroxylation is 2. The van der Waals surface area contributed by atoms with Crippen LogP contribution >= 0.6 is 0 Å². The number of benzene rings is 2. The minimum atomic E-state index is -0.930. The van der Waals surface area contributed by atoms with Crippen molar-refractivity contribution in [1.29, 1.82) is 0 Å². The predicted octanol–water partition coefficient (Wildman–Crippen LogP) is 5.75. The SMILES string of the molecule is Cc1ccc(C)n1-c1ccc(OCc2ccc(C(=O)N/N=C/c3cccc([N+](=O)[O-])c3OC(=O)c3ccco3)o2)cc1. The number of aromatic nitrogens is 1. The Morgan fingerprint density at radius 1 is 0.976 bits per heavy atom. The number of nitro benzene ring substituents is 1. The lowest BCUT2D eigenvalue weighted by Gasteiger charge is -2.10. The van der Waals surface area contributed by atoms with Crippen molar-refractivity contribution < 1.29 is 32.8 Å². The van der Waals surface area contributed by atoms with Gasteiger partial charge in [-0.3, -0.25) is 14.9 Å². The number of nitro groups is 1. The van der Waals surface area contributed by atoms with Crippen molar-refractivity contribution in [2.24, 2.45) is 5.10 Å². The van der Waals surface area contributed by atoms with Gasteiger partial charge in [0.05, 0.1) is 17.4 Å². The number of nitrogens with zero attached hydrogens (tertiary/aromatic N) is 3. The molecule has 2 aromatic carbocycles. The maximum atomic E-state index is 12.6. The molecule has 5 rings (SSSR count). The predicted molar refractivity (Wildman–Crippen MR) is 150 cm³/mol. The van der Waals surface area contributed by atoms with Gasteiger partial charge in [0, 0.05) is 28.7 Å². The van der Waals surface area contributed by atoms with E-state index >= 15 is 0 Å². The number of hydrogen-bond donors (Lipinski definition) is 1. The number of hydrazone groups is 1. The number of furan rings is 2. The fourth-order valence-corrected chi connectivity index (χ4v) is 4.15. The van der Waals surface area contributed by atoms with Gasteiger partial charge in [0.25, 0.3) is 0 Å². The molecule has 5 aromatic rings. The van der Waals surface area contributed by atoms with Gasteiger partial charge < -0.3 is 22.9 Å². The molecule has 0 bridgehead atoms. The van der Waals surface area contributed by atoms with Crippen molar-refractivity contribution in [3.05, 3.63) is 129 Å². The van der Waals surface area contributed by atoms with Crippen LogP contribution in [0.25, 0.3) is 5.69 Å². The third kappa shape index (κ3) is 6.12. The molecule has 0 spiro atoms. The van der Waals surface area contributed by atoms with E-state index in [0.29, 0.717) is 11.5 Å². The van der Waals surface area contributed by atoms with E-state index in [4.69, 9.17) is 18.3 Å². The van der Waals surface area contributed by atoms with Crippen LogP contribution < -0.4 is 14.9 Å². The standard InChI is InChI=1S/C30H24N4O8/c1-19-8-9-20(2)33(19)22-10-12-23(13-11-22)40-18-24-14-15-26(41-24)29(35)32-31-17-21-5-3-6-25(34(37)38)28(21)42-30(36)27-7-4-16-39-27/h3-17H,18H2,1-2H3,(H,32,35)/b31-17+. The minimum absolute atomic E-state index is 0.0248. The minimum Gasteiger partial charge on any atom is -0.486 e. The summed E-state index contributed by atoms with van der Waals surface area (Å²) in [7, 11) is 0. The molecule has 212 valence electrons. The number of para-hydroxylation sites is 1. The molecule has 12 heteroatoms. The van der Waals surface area contributed by atoms with Crippen LogP contribution in [0.3, 0.4) is 0 Å². The highest BCUT2D eigenvalue weighted by Crippen LogP contribution is 2.31. The van der Waals surface area contributed by atoms with Crippen LogP contribution in [-0.2, 0) is 6.61 Å². The molecule has 1 N–H and O–H groups in total. The quantitative estimate of drug-likeness (QED) is 0.0735. The zero-order valence-corrected chi connectivity index (χ0v) is 22.5. The van der Waals surface area contributed by atoms with E-state index in [-0.39, 0.29) is 29.4 Å². The fourth-order valence-electron chi connectivity index (χ4n) is 4.15. The molecule has 3 aromatic heterocycles. The van der Waals surface area contributed by atoms with Crippen LogP contribution in [0.4, 0.5) is 5.69 Å². The van der Waals surface area contributed by atoms with Crippen molar-refractivity contribution in [3.63, 3.8) is 0 Å². The molecule has 0 aliphatic carbocycles. The molecule has 0 aliphatic heterocycles. The van der Waals surface area contributed by atoms with E-state index in [1.165, 1.54) is 42.7 Å². The first-order valence-corrected chi connectivity index (χ1v) is 12.6. The second-order valence-corrected chi connectivity index (χ2v) is 9.02. The molecule has 1 amide bonds. The Labute approximate surface area is 238 Å². The fraction of sp³-hybridized carbons (Fsp3) is 0.100. The molecule has 42 heavy (non-hydrogen) atoms. The normalized spacial score (nSPS) is 11.0. The summed E-state index contributed by atoms with van der Waals surface area (Å²) in [5.41, 5.74) is 5.17. The summed E-state index contributed by atoms with van der Waals surface area (Å²) in [5.74, 6) is -1.07. The number of rotatable bonds is 10. The molecule has 0 unspecified atom stereocenters. The number of esters is 1. The lowest BCUT2D eigenvalue weighted by Crippen LogP contribution is -2.17. The average Bonchev–Trinajstić information content (AvgIpc) is 3.75. The van der Waals surface area contributed by atoms with Crippen LogP contribution in [0.1, 0.15) is 43.8 Å². The highest BCUT2D eigenvalue weighted by atomic mass is 16.6. The van der Waals surface area contributed by atoms with Gasteiger partial charge in [0.1, 0.15) is 18.1 Å². The largest absolute Gasteiger partial charge is 0.486 e. The zero-order chi connectivity index (χ0) is 29.6. The second kappa shape index (κ2) is 12.1. The van der Waals surface area contributed by atoms with E-state index in [2.05, 4.69) is 27.2 Å². The molecule has 12 nitrogen and oxygen atoms in total. The number of amides is 1. The van der Waals surface area contributed by atoms with Crippen molar-refractivity contribution >= 4 is 23.8 Å². The van der Waals surface area contributed by atoms with Gasteiger partial charge >= 0.3 is 17.6 Å². The van der Waals surface area contributed by atoms with Gasteiger partial charge in [0.15, 0.2) is 5.76 Å². The Morgan fingerprint density at radius 2 is 1.74 bits per heavy atom. The Kier molecular flexibility index (Phi) is 7.96. The van der Waals surface area contributed by atoms with Gasteiger partial charge in [-0.1, -0.05) is 6.07 Å². The summed E-state index contributed by atoms with van der Waals surface area (Å²) in [6.07, 6.45) is 2.38. The van der Waals surface area contributed by atoms with Crippen LogP contribution in [0.5, 0.6) is 11.5 Å². The smallest absolute Gasteiger partial charge is 0.379 e. The van der Waals surface area contributed by atoms with Crippen LogP contribution in [0.15, 0.2) is 99.1 Å². The third-order valence-corrected chi connectivity index (χ3v) is 6.14. The van der Waals surface area contributed by atoms with Gasteiger partial charge in [-0.15, -0.1) is 0 Å². The molecular weight excluding hydrogens is 544 g/mol. The maximum Gasteiger partial charge on any atom is 0.379 e. The monoisotopic (exact) mass is 568 g/mol. The number of ether oxygens (including phenoxy) is 2. The van der Waals surface area contributed by atoms with Crippen molar-refractivity contribution in [3.8, 4) is 17.2 Å². The van der Waals surface area contributed by atoms with Crippen LogP contribution in [0, 0.1) is 24.0 Å². The van der Waals surface area contributed by atoms with Gasteiger partial charge in [-0.25, -0.2) is 10.2 Å². The second-order valence-electron chi connectivity index (χ2n) is 9.02. The summed E-state index contributed by atoms with van der Waals surface area (Å²) >= 11 is 0. The van der Waals surface area contributed by atoms with Crippen LogP contribution in [-0.4, -0.2) is 27.6 Å². The molecule has 3 heterocycles. The summed E-state index contributed by atoms with van der Waals surface area (Å²) in [6, 6.07) is 21.6. The third-order valence-electron chi connectivity index (χ3n) is 6.14. The van der Waals surface area contributed by atoms with Crippen molar-refractivity contribution in [2.45, 2.75) is 20.5 Å². The molecule has 0 saturated carbocycles. The first kappa shape index (κ1) is 27.6. The van der Waals surface area contributed by atoms with Crippen molar-refractivity contribution in [1.82, 2.24) is 9.99 Å². The molecule has 0 fully saturated rings. The Hall–Kier alpha value is -5.91. The van der Waals surface area contributed by atoms with Crippen molar-refractivity contribution in [2.75, 3.05) is 0 Å². The first-order chi connectivity index (χ1) is 20.3. The topological polar surface area (TPSA) is 151 Å². The summed E-state index contributed by atoms with van der Waals surface area (Å²) in [5, 5.41) is 15.3. The van der Waals surface area contributed by atoms with Crippen LogP contribution in [0.2, 0.25) is 0 Å². The van der Waals surface area contributed by atoms with Gasteiger partial charge in [-0.05, 0) is 80.6 Å². The summed E-state index contributed by atoms with van der Waals surface area (Å²) in [4.78, 5) is 35.7. The number of carbonyl (C=O) groups excluding carboxylic acids is 2. The average molecular weight is 569 g/mol. The maximum absolute atomic E-state index is 12.6. The Morgan fingerprint density at radius 3 is 2.43 bits per heavy atom. The van der Waals surface area contributed by atoms with E-state index in [0.717, 1.165) is 23.3 Å². The molecule has 0 saturated heterocycles. The van der Waals surface area contributed by atoms with E-state index in [1.54, 1.807) is 6.07 Å². The molecule has 0 aliphatic rings. The summed E-state index contributed by atoms with van der Waals surface area (Å²) < 4.78 is 23.7. The van der Waals surface area contributed by atoms with E-state index < -0.39 is 22.5 Å². The highest BCUT2D eigenvalue weighted by Gasteiger charge is 2.23. The molecular formula is C30H24N4O8. The molecule has 0 radical (unpaired) electrons. The molecule has 0 atom stereocenters. The lowest BCUT2D eigenvalue weighted by molar-refractivity contribution is -0.385. The van der Waals surface area contributed by atoms with E-state index in [1.807, 2.05) is 38.1 Å². The van der Waals surface area contributed by atoms with E-state index in [9.17, 15) is 19.7 Å². The number of nitrogens with one attached hydrogen (secondary N) is 1. The van der Waals surface area contributed by atoms with Gasteiger partial charge in [-0.2, -0.15) is 5.10 Å². The number of carbonyl (C=O) groups is 2. The Balaban J connectivity index is 1.20. The first-order valence-electron chi connectivity index (χ1n) is 12.6. The lowest BCUT2D eigenvalue weighted by atomic mass is 10.2. The zero-order valence-electron chi connectivity index (χ0n) is 22.5. The van der Waals surface area contributed by atoms with Gasteiger partial charge in [0.2, 0.25) is 11.5 Å². The Bertz CT molecular complexity index is 1750. The number of hydrogen-bond acceptors (Lipinski definition) is 9. The summed E-state index contributed by atoms with van der Waals surface area (Å²) in [6.45, 7) is 4.17. The highest BCUT2D eigenvalue weighted by molar-refractivity contribution is 5.94.